The van der Waals surface area contributed by atoms with E-state index in [-0.39, 0.29) is 0 Å². The minimum atomic E-state index is 0.965. The van der Waals surface area contributed by atoms with Crippen molar-refractivity contribution < 1.29 is 0 Å². The zero-order valence-electron chi connectivity index (χ0n) is 12.0. The van der Waals surface area contributed by atoms with Crippen LogP contribution in [0.1, 0.15) is 39.5 Å². The molecule has 0 spiro atoms. The number of rotatable bonds is 11. The van der Waals surface area contributed by atoms with Crippen LogP contribution in [0.25, 0.3) is 0 Å². The third-order valence-electron chi connectivity index (χ3n) is 2.75. The van der Waals surface area contributed by atoms with Crippen LogP contribution in [0.5, 0.6) is 0 Å². The fourth-order valence-electron chi connectivity index (χ4n) is 1.78. The van der Waals surface area contributed by atoms with Gasteiger partial charge in [-0.1, -0.05) is 32.2 Å². The van der Waals surface area contributed by atoms with Gasteiger partial charge in [0.2, 0.25) is 0 Å². The highest BCUT2D eigenvalue weighted by atomic mass is 15.1. The maximum Gasteiger partial charge on any atom is 0.0329 e. The number of hydrogen-bond donors (Lipinski definition) is 1. The monoisotopic (exact) mass is 248 g/mol. The fraction of sp³-hybridized carbons (Fsp3) is 0.500. The average Bonchev–Trinajstić information content (AvgIpc) is 2.34. The predicted molar refractivity (Wildman–Crippen MR) is 82.1 cm³/mol. The molecule has 0 amide bonds. The van der Waals surface area contributed by atoms with Gasteiger partial charge in [0.15, 0.2) is 0 Å². The lowest BCUT2D eigenvalue weighted by Crippen LogP contribution is -2.16. The Morgan fingerprint density at radius 3 is 2.50 bits per heavy atom. The molecule has 102 valence electrons. The lowest BCUT2D eigenvalue weighted by molar-refractivity contribution is 0.452. The first-order chi connectivity index (χ1) is 8.65. The molecule has 0 aliphatic heterocycles. The summed E-state index contributed by atoms with van der Waals surface area (Å²) < 4.78 is 0. The van der Waals surface area contributed by atoms with Crippen molar-refractivity contribution in [1.82, 2.24) is 10.2 Å². The van der Waals surface area contributed by atoms with Crippen molar-refractivity contribution in [3.8, 4) is 0 Å². The Hall–Kier alpha value is -1.44. The molecule has 0 saturated carbocycles. The molecule has 0 aromatic heterocycles. The van der Waals surface area contributed by atoms with Crippen LogP contribution >= 0.6 is 0 Å². The van der Waals surface area contributed by atoms with E-state index < -0.39 is 0 Å². The largest absolute Gasteiger partial charge is 0.389 e. The Morgan fingerprint density at radius 1 is 1.22 bits per heavy atom. The summed E-state index contributed by atoms with van der Waals surface area (Å²) in [6.07, 6.45) is 10.5. The van der Waals surface area contributed by atoms with Gasteiger partial charge >= 0.3 is 0 Å². The molecule has 0 bridgehead atoms. The Balaban J connectivity index is 3.72. The second-order valence-corrected chi connectivity index (χ2v) is 4.31. The summed E-state index contributed by atoms with van der Waals surface area (Å²) in [4.78, 5) is 2.10. The lowest BCUT2D eigenvalue weighted by atomic mass is 10.1. The molecule has 0 aromatic rings. The zero-order chi connectivity index (χ0) is 13.8. The van der Waals surface area contributed by atoms with E-state index in [1.807, 2.05) is 25.3 Å². The molecule has 2 nitrogen and oxygen atoms in total. The molecule has 1 N–H and O–H groups in total. The number of nitrogens with zero attached hydrogens (tertiary/aromatic N) is 1. The number of nitrogens with one attached hydrogen (secondary N) is 1. The molecule has 0 unspecified atom stereocenters. The highest BCUT2D eigenvalue weighted by molar-refractivity contribution is 5.14. The Labute approximate surface area is 113 Å². The fourth-order valence-corrected chi connectivity index (χ4v) is 1.78. The van der Waals surface area contributed by atoms with Gasteiger partial charge in [-0.25, -0.2) is 0 Å². The van der Waals surface area contributed by atoms with E-state index in [1.54, 1.807) is 0 Å². The SMILES string of the molecule is C=CN(CCCCCC(=C)NCC)C(=C)/C=C\C. The summed E-state index contributed by atoms with van der Waals surface area (Å²) in [5.41, 5.74) is 2.15. The van der Waals surface area contributed by atoms with Gasteiger partial charge in [-0.2, -0.15) is 0 Å². The number of unbranched alkanes of at least 4 members (excludes halogenated alkanes) is 2. The molecule has 0 rings (SSSR count). The molecule has 2 heteroatoms. The molecule has 0 saturated heterocycles. The smallest absolute Gasteiger partial charge is 0.0329 e. The second kappa shape index (κ2) is 10.7. The van der Waals surface area contributed by atoms with Crippen molar-refractivity contribution in [2.75, 3.05) is 13.1 Å². The van der Waals surface area contributed by atoms with E-state index in [4.69, 9.17) is 0 Å². The van der Waals surface area contributed by atoms with Gasteiger partial charge in [-0.3, -0.25) is 0 Å². The minimum Gasteiger partial charge on any atom is -0.389 e. The van der Waals surface area contributed by atoms with Crippen molar-refractivity contribution in [2.24, 2.45) is 0 Å². The van der Waals surface area contributed by atoms with Crippen LogP contribution in [-0.2, 0) is 0 Å². The molecule has 0 aliphatic carbocycles. The van der Waals surface area contributed by atoms with E-state index in [1.165, 1.54) is 12.8 Å². The van der Waals surface area contributed by atoms with E-state index in [2.05, 4.69) is 36.9 Å². The van der Waals surface area contributed by atoms with Crippen LogP contribution in [-0.4, -0.2) is 18.0 Å². The molecular formula is C16H28N2. The van der Waals surface area contributed by atoms with Gasteiger partial charge in [0, 0.05) is 24.5 Å². The Morgan fingerprint density at radius 2 is 1.94 bits per heavy atom. The van der Waals surface area contributed by atoms with E-state index in [0.717, 1.165) is 37.3 Å². The molecule has 0 fully saturated rings. The standard InChI is InChI=1S/C16H28N2/c1-6-12-16(5)18(8-3)14-11-9-10-13-15(4)17-7-2/h6,8,12,17H,3-5,7,9-11,13-14H2,1-2H3/b12-6-. The summed E-state index contributed by atoms with van der Waals surface area (Å²) in [6, 6.07) is 0. The zero-order valence-corrected chi connectivity index (χ0v) is 12.0. The third-order valence-corrected chi connectivity index (χ3v) is 2.75. The van der Waals surface area contributed by atoms with E-state index in [0.29, 0.717) is 0 Å². The first kappa shape index (κ1) is 16.6. The van der Waals surface area contributed by atoms with Gasteiger partial charge in [-0.05, 0) is 45.4 Å². The van der Waals surface area contributed by atoms with Gasteiger partial charge < -0.3 is 10.2 Å². The number of hydrogen-bond acceptors (Lipinski definition) is 2. The van der Waals surface area contributed by atoms with Crippen molar-refractivity contribution in [3.63, 3.8) is 0 Å². The Bertz CT molecular complexity index is 289. The van der Waals surface area contributed by atoms with Crippen LogP contribution in [0.4, 0.5) is 0 Å². The minimum absolute atomic E-state index is 0.965. The molecule has 0 atom stereocenters. The summed E-state index contributed by atoms with van der Waals surface area (Å²) in [7, 11) is 0. The molecule has 0 aromatic carbocycles. The normalized spacial score (nSPS) is 10.3. The molecule has 0 radical (unpaired) electrons. The average molecular weight is 248 g/mol. The van der Waals surface area contributed by atoms with Crippen molar-refractivity contribution in [3.05, 3.63) is 49.5 Å². The van der Waals surface area contributed by atoms with Crippen LogP contribution in [0.15, 0.2) is 49.5 Å². The molecule has 0 aliphatic rings. The van der Waals surface area contributed by atoms with E-state index in [9.17, 15) is 0 Å². The highest BCUT2D eigenvalue weighted by Gasteiger charge is 2.00. The van der Waals surface area contributed by atoms with Crippen molar-refractivity contribution >= 4 is 0 Å². The highest BCUT2D eigenvalue weighted by Crippen LogP contribution is 2.09. The second-order valence-electron chi connectivity index (χ2n) is 4.31. The van der Waals surface area contributed by atoms with Gasteiger partial charge in [0.05, 0.1) is 0 Å². The first-order valence-electron chi connectivity index (χ1n) is 6.78. The maximum atomic E-state index is 4.01. The van der Waals surface area contributed by atoms with Crippen molar-refractivity contribution in [1.29, 1.82) is 0 Å². The molecular weight excluding hydrogens is 220 g/mol. The van der Waals surface area contributed by atoms with Gasteiger partial charge in [0.1, 0.15) is 0 Å². The quantitative estimate of drug-likeness (QED) is 0.435. The predicted octanol–water partition coefficient (Wildman–Crippen LogP) is 4.21. The van der Waals surface area contributed by atoms with Crippen LogP contribution in [0.2, 0.25) is 0 Å². The topological polar surface area (TPSA) is 15.3 Å². The van der Waals surface area contributed by atoms with Crippen molar-refractivity contribution in [2.45, 2.75) is 39.5 Å². The lowest BCUT2D eigenvalue weighted by Gasteiger charge is -2.20. The van der Waals surface area contributed by atoms with Crippen LogP contribution in [0, 0.1) is 0 Å². The number of allylic oxidation sites excluding steroid dienone is 3. The maximum absolute atomic E-state index is 4.01. The summed E-state index contributed by atoms with van der Waals surface area (Å²) in [6.45, 7) is 17.9. The molecule has 0 heterocycles. The van der Waals surface area contributed by atoms with Crippen LogP contribution in [0.3, 0.4) is 0 Å². The summed E-state index contributed by atoms with van der Waals surface area (Å²) in [5.74, 6) is 0. The summed E-state index contributed by atoms with van der Waals surface area (Å²) >= 11 is 0. The third kappa shape index (κ3) is 7.77. The summed E-state index contributed by atoms with van der Waals surface area (Å²) in [5, 5.41) is 3.25. The van der Waals surface area contributed by atoms with Gasteiger partial charge in [-0.15, -0.1) is 0 Å². The Kier molecular flexibility index (Phi) is 9.84. The van der Waals surface area contributed by atoms with Gasteiger partial charge in [0.25, 0.3) is 0 Å². The first-order valence-corrected chi connectivity index (χ1v) is 6.78. The van der Waals surface area contributed by atoms with E-state index >= 15 is 0 Å². The van der Waals surface area contributed by atoms with Crippen LogP contribution < -0.4 is 5.32 Å². The molecule has 18 heavy (non-hydrogen) atoms.